The van der Waals surface area contributed by atoms with Crippen LogP contribution in [0.25, 0.3) is 0 Å². The molecular weight excluding hydrogens is 196 g/mol. The molecule has 0 fully saturated rings. The Morgan fingerprint density at radius 1 is 1.53 bits per heavy atom. The lowest BCUT2D eigenvalue weighted by Crippen LogP contribution is -2.20. The van der Waals surface area contributed by atoms with Crippen LogP contribution >= 0.6 is 0 Å². The van der Waals surface area contributed by atoms with E-state index in [1.807, 2.05) is 18.9 Å². The second kappa shape index (κ2) is 5.67. The smallest absolute Gasteiger partial charge is 0.317 e. The van der Waals surface area contributed by atoms with Gasteiger partial charge in [0.2, 0.25) is 5.89 Å². The van der Waals surface area contributed by atoms with Crippen molar-refractivity contribution in [1.82, 2.24) is 10.2 Å². The van der Waals surface area contributed by atoms with Crippen LogP contribution in [0.1, 0.15) is 25.3 Å². The quantitative estimate of drug-likeness (QED) is 0.697. The fraction of sp³-hybridized carbons (Fsp3) is 0.778. The lowest BCUT2D eigenvalue weighted by molar-refractivity contribution is 0.196. The molecule has 0 saturated heterocycles. The van der Waals surface area contributed by atoms with E-state index in [4.69, 9.17) is 14.9 Å². The lowest BCUT2D eigenvalue weighted by Gasteiger charge is -2.12. The van der Waals surface area contributed by atoms with Gasteiger partial charge < -0.3 is 19.8 Å². The van der Waals surface area contributed by atoms with Crippen LogP contribution < -0.4 is 10.6 Å². The van der Waals surface area contributed by atoms with Crippen LogP contribution in [0.15, 0.2) is 4.42 Å². The first-order valence-corrected chi connectivity index (χ1v) is 4.94. The average molecular weight is 214 g/mol. The van der Waals surface area contributed by atoms with Gasteiger partial charge >= 0.3 is 6.01 Å². The molecule has 0 aliphatic carbocycles. The second-order valence-corrected chi connectivity index (χ2v) is 3.48. The first-order valence-electron chi connectivity index (χ1n) is 4.94. The first-order chi connectivity index (χ1) is 7.15. The van der Waals surface area contributed by atoms with Crippen LogP contribution in [0.2, 0.25) is 0 Å². The van der Waals surface area contributed by atoms with E-state index < -0.39 is 0 Å². The number of methoxy groups -OCH3 is 1. The minimum absolute atomic E-state index is 0.223. The van der Waals surface area contributed by atoms with Gasteiger partial charge in [-0.1, -0.05) is 5.10 Å². The van der Waals surface area contributed by atoms with E-state index in [-0.39, 0.29) is 6.04 Å². The molecule has 1 heterocycles. The van der Waals surface area contributed by atoms with Crippen molar-refractivity contribution in [3.63, 3.8) is 0 Å². The Morgan fingerprint density at radius 3 is 2.80 bits per heavy atom. The van der Waals surface area contributed by atoms with Gasteiger partial charge in [0.1, 0.15) is 0 Å². The van der Waals surface area contributed by atoms with Crippen LogP contribution in [0.4, 0.5) is 6.01 Å². The summed E-state index contributed by atoms with van der Waals surface area (Å²) in [6.45, 7) is 3.34. The largest absolute Gasteiger partial charge is 0.406 e. The molecule has 0 saturated carbocycles. The number of hydrogen-bond acceptors (Lipinski definition) is 6. The van der Waals surface area contributed by atoms with E-state index in [0.29, 0.717) is 11.9 Å². The number of aromatic nitrogens is 2. The van der Waals surface area contributed by atoms with E-state index >= 15 is 0 Å². The molecule has 1 aromatic rings. The van der Waals surface area contributed by atoms with Gasteiger partial charge in [0.15, 0.2) is 0 Å². The average Bonchev–Trinajstić information content (AvgIpc) is 2.66. The number of nitrogens with zero attached hydrogens (tertiary/aromatic N) is 3. The predicted octanol–water partition coefficient (Wildman–Crippen LogP) is 0.562. The number of ether oxygens (including phenoxy) is 1. The SMILES string of the molecule is COCCCN(C)c1nnc(C(C)N)o1. The number of nitrogens with two attached hydrogens (primary N) is 1. The maximum absolute atomic E-state index is 5.61. The minimum Gasteiger partial charge on any atom is -0.406 e. The summed E-state index contributed by atoms with van der Waals surface area (Å²) in [5, 5.41) is 7.75. The molecule has 2 N–H and O–H groups in total. The molecule has 6 nitrogen and oxygen atoms in total. The molecule has 0 aliphatic heterocycles. The number of hydrogen-bond donors (Lipinski definition) is 1. The first kappa shape index (κ1) is 11.9. The van der Waals surface area contributed by atoms with Gasteiger partial charge in [-0.3, -0.25) is 0 Å². The fourth-order valence-corrected chi connectivity index (χ4v) is 1.11. The molecule has 1 aromatic heterocycles. The lowest BCUT2D eigenvalue weighted by atomic mass is 10.4. The van der Waals surface area contributed by atoms with Crippen molar-refractivity contribution < 1.29 is 9.15 Å². The minimum atomic E-state index is -0.223. The molecule has 15 heavy (non-hydrogen) atoms. The third kappa shape index (κ3) is 3.49. The van der Waals surface area contributed by atoms with E-state index in [1.165, 1.54) is 0 Å². The molecule has 1 rings (SSSR count). The van der Waals surface area contributed by atoms with E-state index in [0.717, 1.165) is 19.6 Å². The Bertz CT molecular complexity index is 287. The van der Waals surface area contributed by atoms with E-state index in [9.17, 15) is 0 Å². The van der Waals surface area contributed by atoms with E-state index in [1.54, 1.807) is 7.11 Å². The summed E-state index contributed by atoms with van der Waals surface area (Å²) in [5.74, 6) is 0.462. The standard InChI is InChI=1S/C9H18N4O2/c1-7(10)8-11-12-9(15-8)13(2)5-4-6-14-3/h7H,4-6,10H2,1-3H3. The maximum Gasteiger partial charge on any atom is 0.317 e. The van der Waals surface area contributed by atoms with Crippen molar-refractivity contribution in [3.05, 3.63) is 5.89 Å². The zero-order chi connectivity index (χ0) is 11.3. The highest BCUT2D eigenvalue weighted by Gasteiger charge is 2.12. The van der Waals surface area contributed by atoms with Crippen molar-refractivity contribution in [3.8, 4) is 0 Å². The topological polar surface area (TPSA) is 77.4 Å². The molecule has 6 heteroatoms. The molecule has 86 valence electrons. The molecule has 0 radical (unpaired) electrons. The summed E-state index contributed by atoms with van der Waals surface area (Å²) in [5.41, 5.74) is 5.61. The fourth-order valence-electron chi connectivity index (χ4n) is 1.11. The van der Waals surface area contributed by atoms with Gasteiger partial charge in [-0.25, -0.2) is 0 Å². The van der Waals surface area contributed by atoms with Gasteiger partial charge in [0.05, 0.1) is 6.04 Å². The van der Waals surface area contributed by atoms with Gasteiger partial charge in [0.25, 0.3) is 0 Å². The summed E-state index contributed by atoms with van der Waals surface area (Å²) in [6.07, 6.45) is 0.920. The molecule has 1 atom stereocenters. The number of anilines is 1. The third-order valence-corrected chi connectivity index (χ3v) is 1.99. The second-order valence-electron chi connectivity index (χ2n) is 3.48. The zero-order valence-corrected chi connectivity index (χ0v) is 9.43. The normalized spacial score (nSPS) is 12.8. The Labute approximate surface area is 89.4 Å². The van der Waals surface area contributed by atoms with Crippen molar-refractivity contribution in [2.45, 2.75) is 19.4 Å². The Balaban J connectivity index is 2.47. The molecule has 0 bridgehead atoms. The summed E-state index contributed by atoms with van der Waals surface area (Å²) in [4.78, 5) is 1.89. The zero-order valence-electron chi connectivity index (χ0n) is 9.43. The molecule has 1 unspecified atom stereocenters. The summed E-state index contributed by atoms with van der Waals surface area (Å²) < 4.78 is 10.3. The van der Waals surface area contributed by atoms with Gasteiger partial charge in [0, 0.05) is 27.3 Å². The van der Waals surface area contributed by atoms with Crippen LogP contribution in [0, 0.1) is 0 Å². The highest BCUT2D eigenvalue weighted by molar-refractivity contribution is 5.21. The summed E-state index contributed by atoms with van der Waals surface area (Å²) in [7, 11) is 3.58. The summed E-state index contributed by atoms with van der Waals surface area (Å²) in [6, 6.07) is 0.275. The van der Waals surface area contributed by atoms with E-state index in [2.05, 4.69) is 10.2 Å². The highest BCUT2D eigenvalue weighted by atomic mass is 16.5. The summed E-state index contributed by atoms with van der Waals surface area (Å²) >= 11 is 0. The molecule has 0 aromatic carbocycles. The van der Waals surface area contributed by atoms with Crippen molar-refractivity contribution >= 4 is 6.01 Å². The molecular formula is C9H18N4O2. The van der Waals surface area contributed by atoms with Crippen LogP contribution in [0.3, 0.4) is 0 Å². The third-order valence-electron chi connectivity index (χ3n) is 1.99. The molecule has 0 aliphatic rings. The van der Waals surface area contributed by atoms with Crippen LogP contribution in [0.5, 0.6) is 0 Å². The molecule has 0 amide bonds. The van der Waals surface area contributed by atoms with Crippen molar-refractivity contribution in [1.29, 1.82) is 0 Å². The Morgan fingerprint density at radius 2 is 2.27 bits per heavy atom. The van der Waals surface area contributed by atoms with Gasteiger partial charge in [-0.15, -0.1) is 5.10 Å². The maximum atomic E-state index is 5.61. The van der Waals surface area contributed by atoms with Gasteiger partial charge in [-0.2, -0.15) is 0 Å². The molecule has 0 spiro atoms. The van der Waals surface area contributed by atoms with Gasteiger partial charge in [-0.05, 0) is 13.3 Å². The monoisotopic (exact) mass is 214 g/mol. The van der Waals surface area contributed by atoms with Crippen LogP contribution in [-0.2, 0) is 4.74 Å². The van der Waals surface area contributed by atoms with Crippen molar-refractivity contribution in [2.24, 2.45) is 5.73 Å². The highest BCUT2D eigenvalue weighted by Crippen LogP contribution is 2.14. The van der Waals surface area contributed by atoms with Crippen LogP contribution in [-0.4, -0.2) is 37.5 Å². The Kier molecular flexibility index (Phi) is 4.51. The Hall–Kier alpha value is -1.14. The van der Waals surface area contributed by atoms with Crippen molar-refractivity contribution in [2.75, 3.05) is 32.2 Å². The number of rotatable bonds is 6. The predicted molar refractivity (Wildman–Crippen MR) is 56.7 cm³/mol.